The second-order valence-corrected chi connectivity index (χ2v) is 9.01. The molecule has 4 rings (SSSR count). The van der Waals surface area contributed by atoms with Crippen molar-refractivity contribution in [3.8, 4) is 5.75 Å². The number of hydrogen-bond acceptors (Lipinski definition) is 4. The quantitative estimate of drug-likeness (QED) is 0.725. The minimum absolute atomic E-state index is 0.0302. The summed E-state index contributed by atoms with van der Waals surface area (Å²) < 4.78 is 5.32. The van der Waals surface area contributed by atoms with Crippen molar-refractivity contribution in [1.82, 2.24) is 4.90 Å². The third-order valence-electron chi connectivity index (χ3n) is 6.67. The molecule has 1 saturated heterocycles. The lowest BCUT2D eigenvalue weighted by Gasteiger charge is -2.44. The van der Waals surface area contributed by atoms with E-state index in [-0.39, 0.29) is 24.1 Å². The first-order valence-corrected chi connectivity index (χ1v) is 11.6. The molecule has 0 aromatic heterocycles. The van der Waals surface area contributed by atoms with E-state index in [1.165, 1.54) is 6.42 Å². The number of rotatable bonds is 5. The van der Waals surface area contributed by atoms with Crippen LogP contribution in [0.15, 0.2) is 48.5 Å². The molecule has 0 spiro atoms. The van der Waals surface area contributed by atoms with Gasteiger partial charge in [0.1, 0.15) is 5.75 Å². The lowest BCUT2D eigenvalue weighted by atomic mass is 9.89. The normalized spacial score (nSPS) is 22.8. The molecule has 2 aromatic rings. The highest BCUT2D eigenvalue weighted by atomic mass is 35.5. The summed E-state index contributed by atoms with van der Waals surface area (Å²) >= 11 is 6.11. The predicted molar refractivity (Wildman–Crippen MR) is 124 cm³/mol. The van der Waals surface area contributed by atoms with Gasteiger partial charge in [0.05, 0.1) is 13.2 Å². The van der Waals surface area contributed by atoms with Crippen molar-refractivity contribution in [2.75, 3.05) is 25.1 Å². The molecule has 166 valence electrons. The molecule has 1 saturated carbocycles. The van der Waals surface area contributed by atoms with Crippen LogP contribution in [0.4, 0.5) is 5.69 Å². The van der Waals surface area contributed by atoms with Gasteiger partial charge in [0, 0.05) is 41.4 Å². The molecule has 0 unspecified atom stereocenters. The second kappa shape index (κ2) is 10.0. The molecular weight excluding hydrogens is 412 g/mol. The highest BCUT2D eigenvalue weighted by Gasteiger charge is 2.35. The molecule has 5 nitrogen and oxygen atoms in total. The van der Waals surface area contributed by atoms with E-state index in [0.717, 1.165) is 50.9 Å². The summed E-state index contributed by atoms with van der Waals surface area (Å²) in [6.07, 6.45) is 5.80. The zero-order valence-electron chi connectivity index (χ0n) is 18.0. The van der Waals surface area contributed by atoms with Gasteiger partial charge >= 0.3 is 0 Å². The van der Waals surface area contributed by atoms with E-state index in [0.29, 0.717) is 16.3 Å². The van der Waals surface area contributed by atoms with Gasteiger partial charge < -0.3 is 14.7 Å². The van der Waals surface area contributed by atoms with Crippen LogP contribution in [0.2, 0.25) is 5.02 Å². The van der Waals surface area contributed by atoms with Crippen molar-refractivity contribution in [3.05, 3.63) is 59.1 Å². The monoisotopic (exact) mass is 442 g/mol. The number of piperidine rings is 1. The Balaban J connectivity index is 1.55. The Hall–Kier alpha value is -2.08. The summed E-state index contributed by atoms with van der Waals surface area (Å²) in [5.41, 5.74) is 1.47. The Morgan fingerprint density at radius 3 is 2.45 bits per heavy atom. The smallest absolute Gasteiger partial charge is 0.258 e. The zero-order chi connectivity index (χ0) is 21.8. The summed E-state index contributed by atoms with van der Waals surface area (Å²) in [6.45, 7) is 1.78. The minimum Gasteiger partial charge on any atom is -0.497 e. The Kier molecular flexibility index (Phi) is 7.16. The molecule has 1 amide bonds. The minimum atomic E-state index is -0.226. The van der Waals surface area contributed by atoms with Crippen LogP contribution in [0.5, 0.6) is 5.75 Å². The number of aliphatic hydroxyl groups is 1. The first kappa shape index (κ1) is 22.1. The summed E-state index contributed by atoms with van der Waals surface area (Å²) in [5, 5.41) is 11.1. The molecule has 1 N–H and O–H groups in total. The number of anilines is 1. The van der Waals surface area contributed by atoms with Gasteiger partial charge in [-0.3, -0.25) is 9.69 Å². The largest absolute Gasteiger partial charge is 0.497 e. The van der Waals surface area contributed by atoms with Crippen LogP contribution < -0.4 is 9.64 Å². The number of amides is 1. The first-order valence-electron chi connectivity index (χ1n) is 11.2. The van der Waals surface area contributed by atoms with Gasteiger partial charge in [-0.1, -0.05) is 30.5 Å². The van der Waals surface area contributed by atoms with E-state index < -0.39 is 0 Å². The SMILES string of the molecule is COc1cccc(C(=O)N(c2ccc(Cl)cc2)C2CCN([C@@H]3CCCC[C@H]3O)CC2)c1. The van der Waals surface area contributed by atoms with Crippen molar-refractivity contribution in [2.24, 2.45) is 0 Å². The van der Waals surface area contributed by atoms with Crippen LogP contribution in [0.3, 0.4) is 0 Å². The van der Waals surface area contributed by atoms with Gasteiger partial charge in [0.25, 0.3) is 5.91 Å². The Morgan fingerprint density at radius 1 is 1.06 bits per heavy atom. The standard InChI is InChI=1S/C25H31ClN2O3/c1-31-22-6-4-5-18(17-22)25(30)28(20-11-9-19(26)10-12-20)21-13-15-27(16-14-21)23-7-2-3-8-24(23)29/h4-6,9-12,17,21,23-24,29H,2-3,7-8,13-16H2,1H3/t23-,24-/m1/s1. The van der Waals surface area contributed by atoms with Gasteiger partial charge in [0.15, 0.2) is 0 Å². The number of benzene rings is 2. The Bertz CT molecular complexity index is 881. The molecule has 2 atom stereocenters. The predicted octanol–water partition coefficient (Wildman–Crippen LogP) is 4.76. The summed E-state index contributed by atoms with van der Waals surface area (Å²) in [5.74, 6) is 0.639. The maximum absolute atomic E-state index is 13.6. The number of aliphatic hydroxyl groups excluding tert-OH is 1. The number of halogens is 1. The summed E-state index contributed by atoms with van der Waals surface area (Å²) in [7, 11) is 1.61. The van der Waals surface area contributed by atoms with Crippen molar-refractivity contribution in [1.29, 1.82) is 0 Å². The maximum atomic E-state index is 13.6. The van der Waals surface area contributed by atoms with Gasteiger partial charge in [-0.25, -0.2) is 0 Å². The highest BCUT2D eigenvalue weighted by molar-refractivity contribution is 6.30. The lowest BCUT2D eigenvalue weighted by molar-refractivity contribution is 0.00866. The van der Waals surface area contributed by atoms with Crippen molar-refractivity contribution < 1.29 is 14.6 Å². The van der Waals surface area contributed by atoms with E-state index in [4.69, 9.17) is 16.3 Å². The number of carbonyl (C=O) groups excluding carboxylic acids is 1. The molecule has 2 fully saturated rings. The van der Waals surface area contributed by atoms with Crippen molar-refractivity contribution >= 4 is 23.2 Å². The highest BCUT2D eigenvalue weighted by Crippen LogP contribution is 2.31. The van der Waals surface area contributed by atoms with Gasteiger partial charge in [-0.15, -0.1) is 0 Å². The zero-order valence-corrected chi connectivity index (χ0v) is 18.8. The molecule has 1 aliphatic carbocycles. The van der Waals surface area contributed by atoms with Crippen LogP contribution >= 0.6 is 11.6 Å². The lowest BCUT2D eigenvalue weighted by Crippen LogP contribution is -2.53. The van der Waals surface area contributed by atoms with Crippen LogP contribution in [0.25, 0.3) is 0 Å². The number of ether oxygens (including phenoxy) is 1. The summed E-state index contributed by atoms with van der Waals surface area (Å²) in [4.78, 5) is 18.0. The molecular formula is C25H31ClN2O3. The fraction of sp³-hybridized carbons (Fsp3) is 0.480. The van der Waals surface area contributed by atoms with E-state index in [2.05, 4.69) is 4.90 Å². The van der Waals surface area contributed by atoms with Crippen LogP contribution in [0, 0.1) is 0 Å². The third kappa shape index (κ3) is 5.05. The number of carbonyl (C=O) groups is 1. The average molecular weight is 443 g/mol. The molecule has 6 heteroatoms. The topological polar surface area (TPSA) is 53.0 Å². The molecule has 2 aliphatic rings. The van der Waals surface area contributed by atoms with Gasteiger partial charge in [-0.05, 0) is 68.1 Å². The number of methoxy groups -OCH3 is 1. The van der Waals surface area contributed by atoms with Crippen molar-refractivity contribution in [2.45, 2.75) is 56.7 Å². The fourth-order valence-electron chi connectivity index (χ4n) is 4.98. The molecule has 0 radical (unpaired) electrons. The van der Waals surface area contributed by atoms with E-state index >= 15 is 0 Å². The molecule has 1 heterocycles. The van der Waals surface area contributed by atoms with Crippen LogP contribution in [-0.2, 0) is 0 Å². The molecule has 1 aliphatic heterocycles. The average Bonchev–Trinajstić information content (AvgIpc) is 2.81. The van der Waals surface area contributed by atoms with Gasteiger partial charge in [0.2, 0.25) is 0 Å². The van der Waals surface area contributed by atoms with Crippen LogP contribution in [-0.4, -0.2) is 54.3 Å². The molecule has 31 heavy (non-hydrogen) atoms. The van der Waals surface area contributed by atoms with Crippen molar-refractivity contribution in [3.63, 3.8) is 0 Å². The van der Waals surface area contributed by atoms with Gasteiger partial charge in [-0.2, -0.15) is 0 Å². The second-order valence-electron chi connectivity index (χ2n) is 8.57. The third-order valence-corrected chi connectivity index (χ3v) is 6.92. The number of hydrogen-bond donors (Lipinski definition) is 1. The first-order chi connectivity index (χ1) is 15.1. The maximum Gasteiger partial charge on any atom is 0.258 e. The fourth-order valence-corrected chi connectivity index (χ4v) is 5.11. The van der Waals surface area contributed by atoms with E-state index in [1.54, 1.807) is 13.2 Å². The summed E-state index contributed by atoms with van der Waals surface area (Å²) in [6, 6.07) is 15.2. The van der Waals surface area contributed by atoms with Crippen LogP contribution in [0.1, 0.15) is 48.9 Å². The Labute approximate surface area is 189 Å². The van der Waals surface area contributed by atoms with E-state index in [1.807, 2.05) is 47.4 Å². The Morgan fingerprint density at radius 2 is 1.77 bits per heavy atom. The number of nitrogens with zero attached hydrogens (tertiary/aromatic N) is 2. The molecule has 2 aromatic carbocycles. The number of likely N-dealkylation sites (tertiary alicyclic amines) is 1. The van der Waals surface area contributed by atoms with E-state index in [9.17, 15) is 9.90 Å². The molecule has 0 bridgehead atoms.